The molecule has 3 rings (SSSR count). The van der Waals surface area contributed by atoms with Gasteiger partial charge in [-0.25, -0.2) is 4.98 Å². The average molecular weight is 472 g/mol. The lowest BCUT2D eigenvalue weighted by Crippen LogP contribution is -2.57. The van der Waals surface area contributed by atoms with Gasteiger partial charge in [0.25, 0.3) is 5.91 Å². The largest absolute Gasteiger partial charge is 0.343 e. The summed E-state index contributed by atoms with van der Waals surface area (Å²) in [6.45, 7) is 7.27. The number of para-hydroxylation sites is 1. The summed E-state index contributed by atoms with van der Waals surface area (Å²) >= 11 is 6.30. The number of hydrogen-bond acceptors (Lipinski definition) is 5. The van der Waals surface area contributed by atoms with Crippen molar-refractivity contribution in [2.45, 2.75) is 52.2 Å². The fourth-order valence-electron chi connectivity index (χ4n) is 3.79. The van der Waals surface area contributed by atoms with Crippen molar-refractivity contribution >= 4 is 40.8 Å². The molecule has 1 aromatic heterocycles. The van der Waals surface area contributed by atoms with Gasteiger partial charge in [-0.05, 0) is 50.1 Å². The molecule has 8 nitrogen and oxygen atoms in total. The summed E-state index contributed by atoms with van der Waals surface area (Å²) in [5.74, 6) is -0.810. The van der Waals surface area contributed by atoms with Gasteiger partial charge >= 0.3 is 0 Å². The fourth-order valence-corrected chi connectivity index (χ4v) is 4.06. The van der Waals surface area contributed by atoms with Crippen molar-refractivity contribution in [1.29, 1.82) is 0 Å². The number of amides is 3. The van der Waals surface area contributed by atoms with Crippen LogP contribution in [0.2, 0.25) is 5.02 Å². The Labute approximate surface area is 199 Å². The number of halogens is 1. The van der Waals surface area contributed by atoms with Crippen LogP contribution < -0.4 is 20.9 Å². The van der Waals surface area contributed by atoms with Gasteiger partial charge in [-0.2, -0.15) is 0 Å². The zero-order chi connectivity index (χ0) is 24.3. The molecular formula is C24H30ClN5O3. The summed E-state index contributed by atoms with van der Waals surface area (Å²) in [7, 11) is 1.67. The molecule has 33 heavy (non-hydrogen) atoms. The Morgan fingerprint density at radius 1 is 1.15 bits per heavy atom. The Morgan fingerprint density at radius 2 is 1.88 bits per heavy atom. The second-order valence-electron chi connectivity index (χ2n) is 8.58. The lowest BCUT2D eigenvalue weighted by Gasteiger charge is -2.31. The van der Waals surface area contributed by atoms with Gasteiger partial charge in [0.2, 0.25) is 11.8 Å². The van der Waals surface area contributed by atoms with Crippen molar-refractivity contribution in [3.63, 3.8) is 0 Å². The van der Waals surface area contributed by atoms with E-state index in [2.05, 4.69) is 20.9 Å². The highest BCUT2D eigenvalue weighted by Gasteiger charge is 2.43. The van der Waals surface area contributed by atoms with Gasteiger partial charge < -0.3 is 16.0 Å². The van der Waals surface area contributed by atoms with E-state index in [9.17, 15) is 14.4 Å². The summed E-state index contributed by atoms with van der Waals surface area (Å²) in [5.41, 5.74) is 2.12. The highest BCUT2D eigenvalue weighted by Crippen LogP contribution is 2.33. The number of aromatic nitrogens is 1. The van der Waals surface area contributed by atoms with E-state index >= 15 is 0 Å². The molecule has 1 aliphatic heterocycles. The molecule has 0 unspecified atom stereocenters. The third kappa shape index (κ3) is 5.17. The van der Waals surface area contributed by atoms with E-state index in [1.807, 2.05) is 32.9 Å². The molecule has 0 fully saturated rings. The van der Waals surface area contributed by atoms with Crippen LogP contribution in [0.4, 0.5) is 11.5 Å². The number of nitrogens with zero attached hydrogens (tertiary/aromatic N) is 2. The highest BCUT2D eigenvalue weighted by molar-refractivity contribution is 6.34. The molecule has 1 aliphatic rings. The van der Waals surface area contributed by atoms with Crippen molar-refractivity contribution in [1.82, 2.24) is 15.6 Å². The first-order valence-corrected chi connectivity index (χ1v) is 11.3. The van der Waals surface area contributed by atoms with E-state index in [0.717, 1.165) is 11.1 Å². The zero-order valence-corrected chi connectivity index (χ0v) is 20.2. The van der Waals surface area contributed by atoms with Crippen LogP contribution >= 0.6 is 11.6 Å². The van der Waals surface area contributed by atoms with Crippen LogP contribution in [0.1, 0.15) is 31.9 Å². The average Bonchev–Trinajstić information content (AvgIpc) is 3.18. The molecule has 3 atom stereocenters. The predicted molar refractivity (Wildman–Crippen MR) is 129 cm³/mol. The molecule has 176 valence electrons. The number of pyridine rings is 1. The lowest BCUT2D eigenvalue weighted by atomic mass is 10.0. The van der Waals surface area contributed by atoms with E-state index < -0.39 is 18.1 Å². The minimum atomic E-state index is -0.821. The molecule has 3 N–H and O–H groups in total. The van der Waals surface area contributed by atoms with E-state index in [-0.39, 0.29) is 23.6 Å². The van der Waals surface area contributed by atoms with Crippen LogP contribution in [-0.4, -0.2) is 47.9 Å². The van der Waals surface area contributed by atoms with Crippen molar-refractivity contribution in [3.8, 4) is 0 Å². The molecule has 0 saturated heterocycles. The first kappa shape index (κ1) is 24.7. The Hall–Kier alpha value is -2.97. The van der Waals surface area contributed by atoms with Crippen molar-refractivity contribution in [2.75, 3.05) is 17.3 Å². The molecule has 3 amide bonds. The van der Waals surface area contributed by atoms with Gasteiger partial charge in [0.15, 0.2) is 0 Å². The second-order valence-corrected chi connectivity index (χ2v) is 8.98. The number of fused-ring (bicyclic) bond motifs is 1. The first-order valence-electron chi connectivity index (χ1n) is 11.0. The van der Waals surface area contributed by atoms with Crippen LogP contribution in [-0.2, 0) is 20.8 Å². The van der Waals surface area contributed by atoms with E-state index in [1.54, 1.807) is 38.4 Å². The van der Waals surface area contributed by atoms with Crippen molar-refractivity contribution in [2.24, 2.45) is 5.92 Å². The standard InChI is InChI=1S/C24H30ClN5O3/c1-13(2)19(28-22(31)15(4)26-5)24(33)30-18(12-16-9-7-11-27-21(16)30)23(32)29-20-14(3)8-6-10-17(20)25/h6-11,13,15,18-19,26H,12H2,1-5H3,(H,28,31)(H,29,32)/t15-,18-,19-/m0/s1. The summed E-state index contributed by atoms with van der Waals surface area (Å²) in [6, 6.07) is 6.87. The van der Waals surface area contributed by atoms with Gasteiger partial charge in [0.05, 0.1) is 16.8 Å². The topological polar surface area (TPSA) is 103 Å². The lowest BCUT2D eigenvalue weighted by molar-refractivity contribution is -0.130. The van der Waals surface area contributed by atoms with E-state index in [4.69, 9.17) is 11.6 Å². The van der Waals surface area contributed by atoms with Crippen molar-refractivity contribution < 1.29 is 14.4 Å². The highest BCUT2D eigenvalue weighted by atomic mass is 35.5. The molecule has 0 saturated carbocycles. The number of benzene rings is 1. The van der Waals surface area contributed by atoms with Crippen LogP contribution in [0.25, 0.3) is 0 Å². The Bertz CT molecular complexity index is 1040. The van der Waals surface area contributed by atoms with Gasteiger partial charge in [0, 0.05) is 12.6 Å². The molecule has 2 heterocycles. The number of anilines is 2. The molecule has 0 bridgehead atoms. The SMILES string of the molecule is CN[C@@H](C)C(=O)N[C@H](C(=O)N1c2ncccc2C[C@H]1C(=O)Nc1c(C)cccc1Cl)C(C)C. The van der Waals surface area contributed by atoms with Crippen molar-refractivity contribution in [3.05, 3.63) is 52.7 Å². The Morgan fingerprint density at radius 3 is 2.52 bits per heavy atom. The van der Waals surface area contributed by atoms with Crippen LogP contribution in [0.5, 0.6) is 0 Å². The fraction of sp³-hybridized carbons (Fsp3) is 0.417. The van der Waals surface area contributed by atoms with Gasteiger partial charge in [0.1, 0.15) is 17.9 Å². The van der Waals surface area contributed by atoms with Crippen LogP contribution in [0.15, 0.2) is 36.5 Å². The third-order valence-corrected chi connectivity index (χ3v) is 6.20. The summed E-state index contributed by atoms with van der Waals surface area (Å²) < 4.78 is 0. The number of carbonyl (C=O) groups excluding carboxylic acids is 3. The molecule has 0 radical (unpaired) electrons. The predicted octanol–water partition coefficient (Wildman–Crippen LogP) is 2.69. The molecule has 0 aliphatic carbocycles. The smallest absolute Gasteiger partial charge is 0.251 e. The number of hydrogen-bond donors (Lipinski definition) is 3. The summed E-state index contributed by atoms with van der Waals surface area (Å²) in [6.07, 6.45) is 1.90. The number of nitrogens with one attached hydrogen (secondary N) is 3. The Kier molecular flexibility index (Phi) is 7.71. The third-order valence-electron chi connectivity index (χ3n) is 5.89. The number of rotatable bonds is 7. The molecular weight excluding hydrogens is 442 g/mol. The molecule has 2 aromatic rings. The maximum atomic E-state index is 13.7. The first-order chi connectivity index (χ1) is 15.6. The Balaban J connectivity index is 1.94. The van der Waals surface area contributed by atoms with Crippen LogP contribution in [0.3, 0.4) is 0 Å². The van der Waals surface area contributed by atoms with E-state index in [0.29, 0.717) is 22.9 Å². The van der Waals surface area contributed by atoms with Gasteiger partial charge in [-0.15, -0.1) is 0 Å². The molecule has 0 spiro atoms. The monoisotopic (exact) mass is 471 g/mol. The quantitative estimate of drug-likeness (QED) is 0.576. The molecule has 9 heteroatoms. The number of aryl methyl sites for hydroxylation is 1. The minimum absolute atomic E-state index is 0.201. The second kappa shape index (κ2) is 10.3. The van der Waals surface area contributed by atoms with Gasteiger partial charge in [-0.1, -0.05) is 43.6 Å². The normalized spacial score (nSPS) is 16.8. The number of likely N-dealkylation sites (N-methyl/N-ethyl adjacent to an activating group) is 1. The van der Waals surface area contributed by atoms with Crippen LogP contribution in [0, 0.1) is 12.8 Å². The zero-order valence-electron chi connectivity index (χ0n) is 19.5. The summed E-state index contributed by atoms with van der Waals surface area (Å²) in [5, 5.41) is 9.01. The maximum Gasteiger partial charge on any atom is 0.251 e. The number of carbonyl (C=O) groups is 3. The minimum Gasteiger partial charge on any atom is -0.343 e. The maximum absolute atomic E-state index is 13.7. The molecule has 1 aromatic carbocycles. The van der Waals surface area contributed by atoms with E-state index in [1.165, 1.54) is 4.90 Å². The van der Waals surface area contributed by atoms with Gasteiger partial charge in [-0.3, -0.25) is 19.3 Å². The summed E-state index contributed by atoms with van der Waals surface area (Å²) in [4.78, 5) is 45.4.